The van der Waals surface area contributed by atoms with Crippen molar-refractivity contribution in [3.05, 3.63) is 83.0 Å². The van der Waals surface area contributed by atoms with E-state index in [4.69, 9.17) is 11.6 Å². The van der Waals surface area contributed by atoms with Crippen molar-refractivity contribution in [1.29, 1.82) is 0 Å². The highest BCUT2D eigenvalue weighted by Gasteiger charge is 2.67. The second-order valence-corrected chi connectivity index (χ2v) is 10.1. The van der Waals surface area contributed by atoms with E-state index in [1.54, 1.807) is 6.21 Å². The number of carbonyl (C=O) groups is 2. The van der Waals surface area contributed by atoms with Gasteiger partial charge in [-0.2, -0.15) is 10.1 Å². The summed E-state index contributed by atoms with van der Waals surface area (Å²) in [7, 11) is 0. The second kappa shape index (κ2) is 6.91. The maximum absolute atomic E-state index is 13.2. The number of hydrogen-bond donors (Lipinski definition) is 0. The van der Waals surface area contributed by atoms with Crippen molar-refractivity contribution in [2.75, 3.05) is 0 Å². The third kappa shape index (κ3) is 2.75. The molecule has 8 rings (SSSR count). The van der Waals surface area contributed by atoms with E-state index in [1.807, 2.05) is 48.7 Å². The number of para-hydroxylation sites is 1. The highest BCUT2D eigenvalue weighted by molar-refractivity contribution is 6.31. The molecule has 1 aromatic heterocycles. The zero-order valence-corrected chi connectivity index (χ0v) is 18.6. The molecule has 0 spiro atoms. The number of fused-ring (bicyclic) bond motifs is 1. The number of imide groups is 1. The quantitative estimate of drug-likeness (QED) is 0.324. The van der Waals surface area contributed by atoms with E-state index < -0.39 is 0 Å². The molecule has 2 aromatic carbocycles. The largest absolute Gasteiger partial charge is 0.342 e. The van der Waals surface area contributed by atoms with E-state index in [1.165, 1.54) is 0 Å². The Morgan fingerprint density at radius 2 is 1.61 bits per heavy atom. The number of nitrogens with zero attached hydrogens (tertiary/aromatic N) is 3. The summed E-state index contributed by atoms with van der Waals surface area (Å²) in [6.07, 6.45) is 9.19. The van der Waals surface area contributed by atoms with E-state index in [2.05, 4.69) is 27.9 Å². The highest BCUT2D eigenvalue weighted by atomic mass is 35.5. The molecule has 6 atom stereocenters. The Labute approximate surface area is 196 Å². The van der Waals surface area contributed by atoms with Crippen LogP contribution in [0.3, 0.4) is 0 Å². The van der Waals surface area contributed by atoms with Crippen LogP contribution in [-0.4, -0.2) is 27.6 Å². The van der Waals surface area contributed by atoms with E-state index in [0.29, 0.717) is 18.4 Å². The van der Waals surface area contributed by atoms with Crippen molar-refractivity contribution in [2.24, 2.45) is 40.6 Å². The fraction of sp³-hybridized carbons (Fsp3) is 0.296. The van der Waals surface area contributed by atoms with Gasteiger partial charge in [0.2, 0.25) is 0 Å². The lowest BCUT2D eigenvalue weighted by Gasteiger charge is -2.37. The number of benzene rings is 2. The van der Waals surface area contributed by atoms with Crippen LogP contribution in [0.5, 0.6) is 0 Å². The summed E-state index contributed by atoms with van der Waals surface area (Å²) in [5.41, 5.74) is 2.95. The van der Waals surface area contributed by atoms with Gasteiger partial charge in [-0.15, -0.1) is 0 Å². The van der Waals surface area contributed by atoms with E-state index in [9.17, 15) is 9.59 Å². The first kappa shape index (κ1) is 19.3. The highest BCUT2D eigenvalue weighted by Crippen LogP contribution is 2.65. The van der Waals surface area contributed by atoms with Gasteiger partial charge in [-0.05, 0) is 47.8 Å². The lowest BCUT2D eigenvalue weighted by molar-refractivity contribution is -0.140. The van der Waals surface area contributed by atoms with Crippen LogP contribution in [0.1, 0.15) is 17.5 Å². The van der Waals surface area contributed by atoms with E-state index in [-0.39, 0.29) is 35.5 Å². The summed E-state index contributed by atoms with van der Waals surface area (Å²) in [5.74, 6) is 0.870. The average molecular weight is 456 g/mol. The molecule has 164 valence electrons. The first-order chi connectivity index (χ1) is 16.1. The summed E-state index contributed by atoms with van der Waals surface area (Å²) in [5, 5.41) is 7.34. The molecule has 5 aliphatic rings. The van der Waals surface area contributed by atoms with Gasteiger partial charge in [0.25, 0.3) is 11.8 Å². The van der Waals surface area contributed by atoms with Gasteiger partial charge in [0, 0.05) is 34.2 Å². The molecule has 4 aliphatic carbocycles. The molecule has 3 aromatic rings. The molecular weight excluding hydrogens is 434 g/mol. The first-order valence-corrected chi connectivity index (χ1v) is 11.9. The lowest BCUT2D eigenvalue weighted by atomic mass is 9.63. The maximum atomic E-state index is 13.2. The topological polar surface area (TPSA) is 54.7 Å². The molecule has 2 saturated carbocycles. The number of amides is 2. The minimum absolute atomic E-state index is 0.134. The molecule has 3 fully saturated rings. The molecule has 0 unspecified atom stereocenters. The molecule has 2 amide bonds. The molecule has 0 N–H and O–H groups in total. The Morgan fingerprint density at radius 3 is 2.33 bits per heavy atom. The zero-order chi connectivity index (χ0) is 22.3. The van der Waals surface area contributed by atoms with Gasteiger partial charge in [0.05, 0.1) is 18.1 Å². The summed E-state index contributed by atoms with van der Waals surface area (Å²) in [4.78, 5) is 26.4. The third-order valence-corrected chi connectivity index (χ3v) is 8.44. The Bertz CT molecular complexity index is 1350. The number of hydrazone groups is 1. The molecule has 1 aliphatic heterocycles. The van der Waals surface area contributed by atoms with Crippen LogP contribution < -0.4 is 0 Å². The van der Waals surface area contributed by atoms with Crippen LogP contribution in [0.4, 0.5) is 0 Å². The smallest absolute Gasteiger partial charge is 0.254 e. The summed E-state index contributed by atoms with van der Waals surface area (Å²) in [6, 6.07) is 15.9. The van der Waals surface area contributed by atoms with Crippen molar-refractivity contribution < 1.29 is 9.59 Å². The maximum Gasteiger partial charge on any atom is 0.254 e. The molecular formula is C27H22ClN3O2. The number of carbonyl (C=O) groups excluding carboxylic acids is 2. The fourth-order valence-electron chi connectivity index (χ4n) is 6.49. The van der Waals surface area contributed by atoms with Gasteiger partial charge in [-0.25, -0.2) is 0 Å². The summed E-state index contributed by atoms with van der Waals surface area (Å²) >= 11 is 6.39. The molecule has 0 radical (unpaired) electrons. The predicted molar refractivity (Wildman–Crippen MR) is 127 cm³/mol. The predicted octanol–water partition coefficient (Wildman–Crippen LogP) is 4.73. The van der Waals surface area contributed by atoms with Crippen molar-refractivity contribution in [1.82, 2.24) is 9.58 Å². The third-order valence-electron chi connectivity index (χ3n) is 8.07. The lowest BCUT2D eigenvalue weighted by Crippen LogP contribution is -2.40. The van der Waals surface area contributed by atoms with Gasteiger partial charge in [0.1, 0.15) is 0 Å². The average Bonchev–Trinajstić information content (AvgIpc) is 3.54. The number of hydrogen-bond acceptors (Lipinski definition) is 3. The van der Waals surface area contributed by atoms with Crippen LogP contribution in [0.25, 0.3) is 10.9 Å². The molecule has 2 bridgehead atoms. The molecule has 33 heavy (non-hydrogen) atoms. The monoisotopic (exact) mass is 455 g/mol. The van der Waals surface area contributed by atoms with E-state index in [0.717, 1.165) is 38.5 Å². The second-order valence-electron chi connectivity index (χ2n) is 9.71. The van der Waals surface area contributed by atoms with Gasteiger partial charge >= 0.3 is 0 Å². The number of aromatic nitrogens is 1. The van der Waals surface area contributed by atoms with Crippen molar-refractivity contribution >= 4 is 40.5 Å². The fourth-order valence-corrected chi connectivity index (χ4v) is 6.69. The van der Waals surface area contributed by atoms with Gasteiger partial charge < -0.3 is 4.57 Å². The first-order valence-electron chi connectivity index (χ1n) is 11.5. The molecule has 2 heterocycles. The van der Waals surface area contributed by atoms with Gasteiger partial charge in [-0.3, -0.25) is 9.59 Å². The molecule has 6 heteroatoms. The number of rotatable bonds is 4. The van der Waals surface area contributed by atoms with Crippen LogP contribution in [0.15, 0.2) is 72.0 Å². The van der Waals surface area contributed by atoms with Crippen LogP contribution in [0.2, 0.25) is 5.02 Å². The Morgan fingerprint density at radius 1 is 0.939 bits per heavy atom. The molecule has 1 saturated heterocycles. The number of allylic oxidation sites excluding steroid dienone is 2. The Kier molecular flexibility index (Phi) is 4.04. The van der Waals surface area contributed by atoms with Crippen LogP contribution in [0, 0.1) is 35.5 Å². The van der Waals surface area contributed by atoms with Crippen LogP contribution in [-0.2, 0) is 16.1 Å². The Balaban J connectivity index is 1.22. The summed E-state index contributed by atoms with van der Waals surface area (Å²) in [6.45, 7) is 0.623. The van der Waals surface area contributed by atoms with Gasteiger partial charge in [0.15, 0.2) is 0 Å². The normalized spacial score (nSPS) is 31.6. The van der Waals surface area contributed by atoms with Gasteiger partial charge in [-0.1, -0.05) is 60.2 Å². The van der Waals surface area contributed by atoms with E-state index >= 15 is 0 Å². The number of halogens is 1. The van der Waals surface area contributed by atoms with Crippen LogP contribution >= 0.6 is 11.6 Å². The molecule has 5 nitrogen and oxygen atoms in total. The SMILES string of the molecule is O=C1[C@@H]2[C@@H]3C=C[C@H]([C@H]4C[C@@H]34)[C@@H]2C(=O)N1/N=C\c1cn(Cc2ccccc2Cl)c2ccccc12. The summed E-state index contributed by atoms with van der Waals surface area (Å²) < 4.78 is 2.13. The minimum atomic E-state index is -0.227. The van der Waals surface area contributed by atoms with Crippen molar-refractivity contribution in [3.63, 3.8) is 0 Å². The van der Waals surface area contributed by atoms with Crippen molar-refractivity contribution in [3.8, 4) is 0 Å². The standard InChI is InChI=1S/C27H22ClN3O2/c28-22-7-3-1-5-15(22)13-30-14-16(17-6-2-4-8-23(17)30)12-29-31-26(32)24-18-9-10-19(21-11-20(18)21)25(24)27(31)33/h1-10,12,14,18-21,24-25H,11,13H2/b29-12-/t18-,19-,20-,21+,24+,25-/m1/s1. The zero-order valence-electron chi connectivity index (χ0n) is 17.8. The van der Waals surface area contributed by atoms with Crippen molar-refractivity contribution in [2.45, 2.75) is 13.0 Å². The Hall–Kier alpha value is -3.18. The minimum Gasteiger partial charge on any atom is -0.342 e.